The molecule has 1 aliphatic heterocycles. The molecule has 32 heavy (non-hydrogen) atoms. The molecule has 1 aliphatic rings. The highest BCUT2D eigenvalue weighted by molar-refractivity contribution is 5.93. The van der Waals surface area contributed by atoms with Crippen LogP contribution in [0.1, 0.15) is 6.92 Å². The Morgan fingerprint density at radius 2 is 1.59 bits per heavy atom. The van der Waals surface area contributed by atoms with Gasteiger partial charge in [-0.2, -0.15) is 0 Å². The van der Waals surface area contributed by atoms with Crippen molar-refractivity contribution in [2.24, 2.45) is 0 Å². The summed E-state index contributed by atoms with van der Waals surface area (Å²) in [7, 11) is 1.60. The molecule has 4 rings (SSSR count). The van der Waals surface area contributed by atoms with Gasteiger partial charge in [0.2, 0.25) is 0 Å². The maximum Gasteiger partial charge on any atom is 0.266 e. The number of piperazine rings is 1. The van der Waals surface area contributed by atoms with Gasteiger partial charge in [0.15, 0.2) is 6.10 Å². The number of rotatable bonds is 7. The number of ether oxygens (including phenoxy) is 2. The molecule has 8 nitrogen and oxygen atoms in total. The van der Waals surface area contributed by atoms with Crippen LogP contribution in [-0.4, -0.2) is 55.3 Å². The number of nitrogens with zero attached hydrogens (tertiary/aromatic N) is 4. The molecule has 0 bridgehead atoms. The summed E-state index contributed by atoms with van der Waals surface area (Å²) in [5.41, 5.74) is 1.23. The monoisotopic (exact) mass is 433 g/mol. The third kappa shape index (κ3) is 5.26. The number of hydrogen-bond donors (Lipinski definition) is 1. The Kier molecular flexibility index (Phi) is 6.69. The van der Waals surface area contributed by atoms with E-state index in [1.54, 1.807) is 44.4 Å². The average Bonchev–Trinajstić information content (AvgIpc) is 2.85. The summed E-state index contributed by atoms with van der Waals surface area (Å²) < 4.78 is 10.9. The van der Waals surface area contributed by atoms with Crippen molar-refractivity contribution >= 4 is 23.2 Å². The number of para-hydroxylation sites is 1. The van der Waals surface area contributed by atoms with E-state index in [-0.39, 0.29) is 5.91 Å². The van der Waals surface area contributed by atoms with Crippen molar-refractivity contribution in [3.63, 3.8) is 0 Å². The van der Waals surface area contributed by atoms with Crippen LogP contribution in [0.3, 0.4) is 0 Å². The minimum atomic E-state index is -0.684. The van der Waals surface area contributed by atoms with Gasteiger partial charge in [0.05, 0.1) is 7.11 Å². The van der Waals surface area contributed by atoms with Crippen LogP contribution in [0, 0.1) is 0 Å². The first-order valence-electron chi connectivity index (χ1n) is 10.6. The smallest absolute Gasteiger partial charge is 0.266 e. The summed E-state index contributed by atoms with van der Waals surface area (Å²) in [6.07, 6.45) is 0.792. The molecule has 1 atom stereocenters. The van der Waals surface area contributed by atoms with Gasteiger partial charge in [-0.1, -0.05) is 18.2 Å². The van der Waals surface area contributed by atoms with Crippen LogP contribution in [-0.2, 0) is 4.79 Å². The fourth-order valence-corrected chi connectivity index (χ4v) is 3.56. The summed E-state index contributed by atoms with van der Waals surface area (Å²) in [5, 5.41) is 2.82. The van der Waals surface area contributed by atoms with Crippen molar-refractivity contribution in [1.29, 1.82) is 0 Å². The SMILES string of the molecule is COc1ccc(OC(C)C(=O)Nc2cc(N3CCN(c4ccccc4)CC3)ncn2)cc1. The number of carbonyl (C=O) groups is 1. The van der Waals surface area contributed by atoms with Crippen LogP contribution in [0.2, 0.25) is 0 Å². The van der Waals surface area contributed by atoms with Crippen LogP contribution in [0.4, 0.5) is 17.3 Å². The van der Waals surface area contributed by atoms with E-state index >= 15 is 0 Å². The Hall–Kier alpha value is -3.81. The van der Waals surface area contributed by atoms with Gasteiger partial charge in [0.1, 0.15) is 29.5 Å². The predicted molar refractivity (Wildman–Crippen MR) is 125 cm³/mol. The zero-order chi connectivity index (χ0) is 22.3. The van der Waals surface area contributed by atoms with E-state index in [0.29, 0.717) is 11.6 Å². The number of nitrogens with one attached hydrogen (secondary N) is 1. The molecule has 1 N–H and O–H groups in total. The van der Waals surface area contributed by atoms with Gasteiger partial charge < -0.3 is 24.6 Å². The Morgan fingerprint density at radius 3 is 2.28 bits per heavy atom. The normalized spacial score (nSPS) is 14.6. The molecule has 1 amide bonds. The molecule has 0 spiro atoms. The number of anilines is 3. The van der Waals surface area contributed by atoms with Crippen molar-refractivity contribution in [2.75, 3.05) is 48.4 Å². The van der Waals surface area contributed by atoms with Gasteiger partial charge in [-0.3, -0.25) is 4.79 Å². The number of aromatic nitrogens is 2. The molecule has 1 unspecified atom stereocenters. The second-order valence-electron chi connectivity index (χ2n) is 7.50. The third-order valence-corrected chi connectivity index (χ3v) is 5.37. The lowest BCUT2D eigenvalue weighted by Gasteiger charge is -2.36. The Bertz CT molecular complexity index is 1020. The number of methoxy groups -OCH3 is 1. The summed E-state index contributed by atoms with van der Waals surface area (Å²) >= 11 is 0. The van der Waals surface area contributed by atoms with Gasteiger partial charge in [-0.15, -0.1) is 0 Å². The predicted octanol–water partition coefficient (Wildman–Crippen LogP) is 3.22. The summed E-state index contributed by atoms with van der Waals surface area (Å²) in [6.45, 7) is 5.20. The molecule has 0 radical (unpaired) electrons. The van der Waals surface area contributed by atoms with Crippen molar-refractivity contribution in [3.05, 3.63) is 67.0 Å². The fourth-order valence-electron chi connectivity index (χ4n) is 3.56. The number of benzene rings is 2. The van der Waals surface area contributed by atoms with Gasteiger partial charge in [0, 0.05) is 37.9 Å². The lowest BCUT2D eigenvalue weighted by Crippen LogP contribution is -2.46. The molecular formula is C24H27N5O3. The summed E-state index contributed by atoms with van der Waals surface area (Å²) in [4.78, 5) is 25.7. The molecule has 0 saturated carbocycles. The average molecular weight is 434 g/mol. The first kappa shape index (κ1) is 21.4. The second-order valence-corrected chi connectivity index (χ2v) is 7.50. The lowest BCUT2D eigenvalue weighted by atomic mass is 10.2. The fraction of sp³-hybridized carbons (Fsp3) is 0.292. The van der Waals surface area contributed by atoms with E-state index in [9.17, 15) is 4.79 Å². The summed E-state index contributed by atoms with van der Waals surface area (Å²) in [5.74, 6) is 2.29. The van der Waals surface area contributed by atoms with E-state index in [0.717, 1.165) is 37.7 Å². The molecule has 1 fully saturated rings. The number of hydrogen-bond acceptors (Lipinski definition) is 7. The molecule has 0 aliphatic carbocycles. The lowest BCUT2D eigenvalue weighted by molar-refractivity contribution is -0.122. The van der Waals surface area contributed by atoms with Crippen LogP contribution in [0.5, 0.6) is 11.5 Å². The van der Waals surface area contributed by atoms with E-state index in [1.807, 2.05) is 6.07 Å². The Labute approximate surface area is 187 Å². The zero-order valence-electron chi connectivity index (χ0n) is 18.3. The van der Waals surface area contributed by atoms with Gasteiger partial charge in [-0.05, 0) is 43.3 Å². The van der Waals surface area contributed by atoms with E-state index < -0.39 is 6.10 Å². The molecule has 3 aromatic rings. The highest BCUT2D eigenvalue weighted by Crippen LogP contribution is 2.21. The van der Waals surface area contributed by atoms with Crippen molar-refractivity contribution < 1.29 is 14.3 Å². The minimum absolute atomic E-state index is 0.278. The Balaban J connectivity index is 1.33. The molecule has 166 valence electrons. The van der Waals surface area contributed by atoms with Gasteiger partial charge >= 0.3 is 0 Å². The quantitative estimate of drug-likeness (QED) is 0.613. The van der Waals surface area contributed by atoms with Crippen molar-refractivity contribution in [3.8, 4) is 11.5 Å². The maximum atomic E-state index is 12.6. The number of amides is 1. The second kappa shape index (κ2) is 10.00. The molecular weight excluding hydrogens is 406 g/mol. The third-order valence-electron chi connectivity index (χ3n) is 5.37. The maximum absolute atomic E-state index is 12.6. The highest BCUT2D eigenvalue weighted by Gasteiger charge is 2.20. The van der Waals surface area contributed by atoms with E-state index in [2.05, 4.69) is 49.4 Å². The molecule has 8 heteroatoms. The van der Waals surface area contributed by atoms with Crippen LogP contribution >= 0.6 is 0 Å². The first-order chi connectivity index (χ1) is 15.6. The minimum Gasteiger partial charge on any atom is -0.497 e. The first-order valence-corrected chi connectivity index (χ1v) is 10.6. The van der Waals surface area contributed by atoms with Crippen LogP contribution in [0.15, 0.2) is 67.0 Å². The largest absolute Gasteiger partial charge is 0.497 e. The highest BCUT2D eigenvalue weighted by atomic mass is 16.5. The van der Waals surface area contributed by atoms with E-state index in [4.69, 9.17) is 9.47 Å². The zero-order valence-corrected chi connectivity index (χ0v) is 18.3. The molecule has 1 saturated heterocycles. The van der Waals surface area contributed by atoms with E-state index in [1.165, 1.54) is 12.0 Å². The van der Waals surface area contributed by atoms with Gasteiger partial charge in [-0.25, -0.2) is 9.97 Å². The topological polar surface area (TPSA) is 79.8 Å². The van der Waals surface area contributed by atoms with Crippen molar-refractivity contribution in [2.45, 2.75) is 13.0 Å². The number of carbonyl (C=O) groups excluding carboxylic acids is 1. The van der Waals surface area contributed by atoms with Crippen molar-refractivity contribution in [1.82, 2.24) is 9.97 Å². The van der Waals surface area contributed by atoms with Crippen LogP contribution in [0.25, 0.3) is 0 Å². The summed E-state index contributed by atoms with van der Waals surface area (Å²) in [6, 6.07) is 19.3. The van der Waals surface area contributed by atoms with Gasteiger partial charge in [0.25, 0.3) is 5.91 Å². The standard InChI is InChI=1S/C24H27N5O3/c1-18(32-21-10-8-20(31-2)9-11-21)24(30)27-22-16-23(26-17-25-22)29-14-12-28(13-15-29)19-6-4-3-5-7-19/h3-11,16-18H,12-15H2,1-2H3,(H,25,26,27,30). The molecule has 2 aromatic carbocycles. The Morgan fingerprint density at radius 1 is 0.938 bits per heavy atom. The molecule has 2 heterocycles. The van der Waals surface area contributed by atoms with Crippen LogP contribution < -0.4 is 24.6 Å². The molecule has 1 aromatic heterocycles.